The summed E-state index contributed by atoms with van der Waals surface area (Å²) in [5, 5.41) is 4.29. The second-order valence-corrected chi connectivity index (χ2v) is 4.69. The van der Waals surface area contributed by atoms with Crippen molar-refractivity contribution in [2.75, 3.05) is 26.6 Å². The molecule has 0 bridgehead atoms. The van der Waals surface area contributed by atoms with Crippen molar-refractivity contribution in [3.05, 3.63) is 41.1 Å². The number of nitrogens with two attached hydrogens (primary N) is 1. The predicted molar refractivity (Wildman–Crippen MR) is 79.6 cm³/mol. The molecule has 0 spiro atoms. The Hall–Kier alpha value is -2.34. The first-order valence-corrected chi connectivity index (χ1v) is 6.60. The standard InChI is InChI=1S/C15H19N3O3/c1-10-4-6-11(7-5-10)18-14(16)12(8-9-20-2)13(17-18)15(19)21-3/h4-7H,8-9,16H2,1-3H3. The van der Waals surface area contributed by atoms with Crippen molar-refractivity contribution in [3.63, 3.8) is 0 Å². The SMILES string of the molecule is COCCc1c(C(=O)OC)nn(-c2ccc(C)cc2)c1N. The molecule has 1 heterocycles. The number of hydrogen-bond donors (Lipinski definition) is 1. The van der Waals surface area contributed by atoms with Gasteiger partial charge in [0.1, 0.15) is 5.82 Å². The number of aromatic nitrogens is 2. The molecule has 0 aliphatic rings. The Balaban J connectivity index is 2.49. The minimum atomic E-state index is -0.501. The van der Waals surface area contributed by atoms with E-state index >= 15 is 0 Å². The first-order valence-electron chi connectivity index (χ1n) is 6.60. The van der Waals surface area contributed by atoms with Crippen LogP contribution in [0.25, 0.3) is 5.69 Å². The van der Waals surface area contributed by atoms with E-state index in [2.05, 4.69) is 5.10 Å². The molecule has 2 aromatic rings. The molecule has 1 aromatic heterocycles. The third-order valence-electron chi connectivity index (χ3n) is 3.24. The van der Waals surface area contributed by atoms with Crippen LogP contribution >= 0.6 is 0 Å². The van der Waals surface area contributed by atoms with Gasteiger partial charge in [-0.15, -0.1) is 0 Å². The number of rotatable bonds is 5. The number of methoxy groups -OCH3 is 2. The van der Waals surface area contributed by atoms with Gasteiger partial charge >= 0.3 is 5.97 Å². The van der Waals surface area contributed by atoms with E-state index in [9.17, 15) is 4.79 Å². The van der Waals surface area contributed by atoms with Crippen LogP contribution in [0.2, 0.25) is 0 Å². The summed E-state index contributed by atoms with van der Waals surface area (Å²) in [6.07, 6.45) is 0.499. The molecule has 0 atom stereocenters. The third-order valence-corrected chi connectivity index (χ3v) is 3.24. The van der Waals surface area contributed by atoms with Gasteiger partial charge in [-0.2, -0.15) is 5.10 Å². The van der Waals surface area contributed by atoms with Gasteiger partial charge in [-0.3, -0.25) is 0 Å². The summed E-state index contributed by atoms with van der Waals surface area (Å²) in [5.41, 5.74) is 8.95. The van der Waals surface area contributed by atoms with Crippen molar-refractivity contribution in [1.29, 1.82) is 0 Å². The summed E-state index contributed by atoms with van der Waals surface area (Å²) >= 11 is 0. The second-order valence-electron chi connectivity index (χ2n) is 4.69. The fourth-order valence-electron chi connectivity index (χ4n) is 2.06. The molecule has 2 rings (SSSR count). The van der Waals surface area contributed by atoms with Crippen molar-refractivity contribution >= 4 is 11.8 Å². The summed E-state index contributed by atoms with van der Waals surface area (Å²) in [7, 11) is 2.92. The van der Waals surface area contributed by atoms with E-state index in [0.29, 0.717) is 24.4 Å². The van der Waals surface area contributed by atoms with E-state index in [1.54, 1.807) is 11.8 Å². The number of benzene rings is 1. The quantitative estimate of drug-likeness (QED) is 0.848. The molecule has 21 heavy (non-hydrogen) atoms. The highest BCUT2D eigenvalue weighted by Crippen LogP contribution is 2.22. The zero-order valence-electron chi connectivity index (χ0n) is 12.4. The topological polar surface area (TPSA) is 79.4 Å². The second kappa shape index (κ2) is 6.41. The number of ether oxygens (including phenoxy) is 2. The number of hydrogen-bond acceptors (Lipinski definition) is 5. The van der Waals surface area contributed by atoms with Crippen molar-refractivity contribution in [2.24, 2.45) is 0 Å². The highest BCUT2D eigenvalue weighted by atomic mass is 16.5. The Kier molecular flexibility index (Phi) is 4.59. The average molecular weight is 289 g/mol. The van der Waals surface area contributed by atoms with E-state index < -0.39 is 5.97 Å². The molecule has 6 heteroatoms. The van der Waals surface area contributed by atoms with Gasteiger partial charge in [-0.1, -0.05) is 17.7 Å². The predicted octanol–water partition coefficient (Wildman–Crippen LogP) is 1.74. The van der Waals surface area contributed by atoms with Crippen molar-refractivity contribution < 1.29 is 14.3 Å². The normalized spacial score (nSPS) is 10.6. The smallest absolute Gasteiger partial charge is 0.358 e. The highest BCUT2D eigenvalue weighted by molar-refractivity contribution is 5.90. The third kappa shape index (κ3) is 3.05. The molecule has 112 valence electrons. The number of anilines is 1. The largest absolute Gasteiger partial charge is 0.464 e. The molecule has 0 radical (unpaired) electrons. The van der Waals surface area contributed by atoms with Crippen LogP contribution in [0.1, 0.15) is 21.6 Å². The van der Waals surface area contributed by atoms with Crippen molar-refractivity contribution in [1.82, 2.24) is 9.78 Å². The Labute approximate surface area is 123 Å². The first kappa shape index (κ1) is 15.1. The number of nitrogens with zero attached hydrogens (tertiary/aromatic N) is 2. The van der Waals surface area contributed by atoms with E-state index in [0.717, 1.165) is 11.3 Å². The van der Waals surface area contributed by atoms with Gasteiger partial charge in [0.2, 0.25) is 0 Å². The van der Waals surface area contributed by atoms with Crippen molar-refractivity contribution in [3.8, 4) is 5.69 Å². The van der Waals surface area contributed by atoms with Gasteiger partial charge in [0.25, 0.3) is 0 Å². The molecule has 0 saturated carbocycles. The summed E-state index contributed by atoms with van der Waals surface area (Å²) in [6, 6.07) is 7.73. The number of nitrogen functional groups attached to an aromatic ring is 1. The van der Waals surface area contributed by atoms with E-state index in [-0.39, 0.29) is 5.69 Å². The number of esters is 1. The minimum absolute atomic E-state index is 0.229. The van der Waals surface area contributed by atoms with Crippen LogP contribution in [0.4, 0.5) is 5.82 Å². The van der Waals surface area contributed by atoms with Crippen LogP contribution in [-0.4, -0.2) is 36.6 Å². The molecular formula is C15H19N3O3. The fourth-order valence-corrected chi connectivity index (χ4v) is 2.06. The van der Waals surface area contributed by atoms with Crippen LogP contribution in [0.3, 0.4) is 0 Å². The number of aryl methyl sites for hydroxylation is 1. The summed E-state index contributed by atoms with van der Waals surface area (Å²) in [4.78, 5) is 11.9. The van der Waals surface area contributed by atoms with Crippen LogP contribution < -0.4 is 5.73 Å². The molecule has 6 nitrogen and oxygen atoms in total. The lowest BCUT2D eigenvalue weighted by molar-refractivity contribution is 0.0592. The van der Waals surface area contributed by atoms with Gasteiger partial charge in [0, 0.05) is 19.1 Å². The molecule has 0 aliphatic carbocycles. The van der Waals surface area contributed by atoms with E-state index in [1.165, 1.54) is 7.11 Å². The summed E-state index contributed by atoms with van der Waals surface area (Å²) in [5.74, 6) is -0.0741. The van der Waals surface area contributed by atoms with Gasteiger partial charge in [0.05, 0.1) is 19.4 Å². The Morgan fingerprint density at radius 1 is 1.29 bits per heavy atom. The maximum Gasteiger partial charge on any atom is 0.358 e. The van der Waals surface area contributed by atoms with E-state index in [4.69, 9.17) is 15.2 Å². The molecule has 1 aromatic carbocycles. The lowest BCUT2D eigenvalue weighted by atomic mass is 10.1. The molecule has 2 N–H and O–H groups in total. The van der Waals surface area contributed by atoms with Gasteiger partial charge < -0.3 is 15.2 Å². The van der Waals surface area contributed by atoms with Gasteiger partial charge in [0.15, 0.2) is 5.69 Å². The molecule has 0 unspecified atom stereocenters. The highest BCUT2D eigenvalue weighted by Gasteiger charge is 2.22. The Morgan fingerprint density at radius 2 is 1.95 bits per heavy atom. The van der Waals surface area contributed by atoms with Crippen LogP contribution in [0, 0.1) is 6.92 Å². The lowest BCUT2D eigenvalue weighted by Crippen LogP contribution is -2.07. The van der Waals surface area contributed by atoms with Crippen LogP contribution in [-0.2, 0) is 15.9 Å². The molecule has 0 aliphatic heterocycles. The zero-order chi connectivity index (χ0) is 15.4. The zero-order valence-corrected chi connectivity index (χ0v) is 12.4. The molecule has 0 saturated heterocycles. The lowest BCUT2D eigenvalue weighted by Gasteiger charge is -2.05. The fraction of sp³-hybridized carbons (Fsp3) is 0.333. The maximum absolute atomic E-state index is 11.9. The Morgan fingerprint density at radius 3 is 2.52 bits per heavy atom. The van der Waals surface area contributed by atoms with Crippen molar-refractivity contribution in [2.45, 2.75) is 13.3 Å². The number of carbonyl (C=O) groups excluding carboxylic acids is 1. The van der Waals surface area contributed by atoms with Gasteiger partial charge in [-0.05, 0) is 19.1 Å². The van der Waals surface area contributed by atoms with E-state index in [1.807, 2.05) is 31.2 Å². The molecular weight excluding hydrogens is 270 g/mol. The van der Waals surface area contributed by atoms with Crippen LogP contribution in [0.5, 0.6) is 0 Å². The maximum atomic E-state index is 11.9. The van der Waals surface area contributed by atoms with Gasteiger partial charge in [-0.25, -0.2) is 9.48 Å². The minimum Gasteiger partial charge on any atom is -0.464 e. The monoisotopic (exact) mass is 289 g/mol. The average Bonchev–Trinajstić information content (AvgIpc) is 2.82. The summed E-state index contributed by atoms with van der Waals surface area (Å²) < 4.78 is 11.4. The number of carbonyl (C=O) groups is 1. The Bertz CT molecular complexity index is 632. The molecule has 0 fully saturated rings. The van der Waals surface area contributed by atoms with Crippen LogP contribution in [0.15, 0.2) is 24.3 Å². The molecule has 0 amide bonds. The summed E-state index contributed by atoms with van der Waals surface area (Å²) in [6.45, 7) is 2.45. The first-order chi connectivity index (χ1) is 10.1.